The Balaban J connectivity index is 3.33. The number of nitrogens with zero attached hydrogens (tertiary/aromatic N) is 2. The lowest BCUT2D eigenvalue weighted by atomic mass is 10.0. The van der Waals surface area contributed by atoms with Crippen LogP contribution < -0.4 is 10.2 Å². The van der Waals surface area contributed by atoms with E-state index >= 15 is 0 Å². The van der Waals surface area contributed by atoms with Crippen molar-refractivity contribution in [3.05, 3.63) is 22.9 Å². The molecular weight excluding hydrogens is 258 g/mol. The van der Waals surface area contributed by atoms with Crippen LogP contribution in [0.15, 0.2) is 6.07 Å². The molecule has 0 unspecified atom stereocenters. The van der Waals surface area contributed by atoms with Gasteiger partial charge in [-0.2, -0.15) is 0 Å². The maximum atomic E-state index is 4.91. The zero-order valence-corrected chi connectivity index (χ0v) is 15.0. The highest BCUT2D eigenvalue weighted by molar-refractivity contribution is 5.52. The highest BCUT2D eigenvalue weighted by Gasteiger charge is 2.22. The van der Waals surface area contributed by atoms with E-state index in [1.807, 2.05) is 7.05 Å². The van der Waals surface area contributed by atoms with Crippen molar-refractivity contribution in [3.63, 3.8) is 0 Å². The Morgan fingerprint density at radius 1 is 1.19 bits per heavy atom. The maximum absolute atomic E-state index is 4.91. The Kier molecular flexibility index (Phi) is 7.16. The van der Waals surface area contributed by atoms with Gasteiger partial charge >= 0.3 is 0 Å². The molecule has 1 heterocycles. The average Bonchev–Trinajstić information content (AvgIpc) is 2.41. The summed E-state index contributed by atoms with van der Waals surface area (Å²) in [6, 6.07) is 2.76. The summed E-state index contributed by atoms with van der Waals surface area (Å²) in [5, 5.41) is 3.30. The minimum Gasteiger partial charge on any atom is -0.353 e. The SMILES string of the molecule is CCC(CC)N(CC(C)C)c1nc(C)cc(C)c1CNC. The molecule has 1 rings (SSSR count). The number of hydrogen-bond acceptors (Lipinski definition) is 3. The zero-order valence-electron chi connectivity index (χ0n) is 15.0. The largest absolute Gasteiger partial charge is 0.353 e. The van der Waals surface area contributed by atoms with Gasteiger partial charge < -0.3 is 10.2 Å². The zero-order chi connectivity index (χ0) is 16.0. The molecule has 0 atom stereocenters. The third-order valence-electron chi connectivity index (χ3n) is 4.02. The van der Waals surface area contributed by atoms with E-state index < -0.39 is 0 Å². The summed E-state index contributed by atoms with van der Waals surface area (Å²) in [6.07, 6.45) is 2.33. The summed E-state index contributed by atoms with van der Waals surface area (Å²) in [5.74, 6) is 1.82. The number of anilines is 1. The summed E-state index contributed by atoms with van der Waals surface area (Å²) in [6.45, 7) is 15.4. The predicted octanol–water partition coefficient (Wildman–Crippen LogP) is 4.07. The molecule has 0 amide bonds. The lowest BCUT2D eigenvalue weighted by Crippen LogP contribution is -2.39. The van der Waals surface area contributed by atoms with Crippen LogP contribution in [0.3, 0.4) is 0 Å². The molecule has 1 N–H and O–H groups in total. The van der Waals surface area contributed by atoms with Gasteiger partial charge in [0, 0.05) is 30.4 Å². The standard InChI is InChI=1S/C18H33N3/c1-8-16(9-2)21(12-13(3)4)18-17(11-19-7)14(5)10-15(6)20-18/h10,13,16,19H,8-9,11-12H2,1-7H3. The van der Waals surface area contributed by atoms with Gasteiger partial charge in [0.05, 0.1) is 0 Å². The molecule has 0 saturated carbocycles. The van der Waals surface area contributed by atoms with Crippen LogP contribution in [-0.4, -0.2) is 24.6 Å². The maximum Gasteiger partial charge on any atom is 0.133 e. The number of aryl methyl sites for hydroxylation is 2. The summed E-state index contributed by atoms with van der Waals surface area (Å²) >= 11 is 0. The van der Waals surface area contributed by atoms with E-state index in [9.17, 15) is 0 Å². The van der Waals surface area contributed by atoms with Crippen LogP contribution in [0.1, 0.15) is 57.4 Å². The van der Waals surface area contributed by atoms with E-state index in [0.29, 0.717) is 12.0 Å². The number of hydrogen-bond donors (Lipinski definition) is 1. The molecule has 0 aliphatic rings. The van der Waals surface area contributed by atoms with Gasteiger partial charge in [0.1, 0.15) is 5.82 Å². The fourth-order valence-electron chi connectivity index (χ4n) is 3.01. The normalized spacial score (nSPS) is 11.5. The molecule has 0 aliphatic carbocycles. The first-order valence-electron chi connectivity index (χ1n) is 8.32. The van der Waals surface area contributed by atoms with Crippen LogP contribution in [0.5, 0.6) is 0 Å². The Hall–Kier alpha value is -1.09. The topological polar surface area (TPSA) is 28.2 Å². The first-order chi connectivity index (χ1) is 9.94. The van der Waals surface area contributed by atoms with Gasteiger partial charge in [-0.1, -0.05) is 27.7 Å². The van der Waals surface area contributed by atoms with Gasteiger partial charge in [0.15, 0.2) is 0 Å². The van der Waals surface area contributed by atoms with Crippen molar-refractivity contribution in [2.24, 2.45) is 5.92 Å². The third kappa shape index (κ3) is 4.70. The third-order valence-corrected chi connectivity index (χ3v) is 4.02. The average molecular weight is 291 g/mol. The van der Waals surface area contributed by atoms with Crippen LogP contribution in [-0.2, 0) is 6.54 Å². The van der Waals surface area contributed by atoms with Crippen molar-refractivity contribution < 1.29 is 0 Å². The highest BCUT2D eigenvalue weighted by atomic mass is 15.2. The van der Waals surface area contributed by atoms with Crippen molar-refractivity contribution in [1.82, 2.24) is 10.3 Å². The molecule has 1 aromatic heterocycles. The molecule has 0 bridgehead atoms. The van der Waals surface area contributed by atoms with E-state index in [4.69, 9.17) is 4.98 Å². The monoisotopic (exact) mass is 291 g/mol. The smallest absolute Gasteiger partial charge is 0.133 e. The summed E-state index contributed by atoms with van der Waals surface area (Å²) < 4.78 is 0. The lowest BCUT2D eigenvalue weighted by Gasteiger charge is -2.35. The first kappa shape index (κ1) is 18.0. The Morgan fingerprint density at radius 2 is 1.81 bits per heavy atom. The van der Waals surface area contributed by atoms with Crippen LogP contribution >= 0.6 is 0 Å². The first-order valence-corrected chi connectivity index (χ1v) is 8.32. The molecule has 21 heavy (non-hydrogen) atoms. The van der Waals surface area contributed by atoms with Gasteiger partial charge in [-0.05, 0) is 51.3 Å². The highest BCUT2D eigenvalue weighted by Crippen LogP contribution is 2.27. The molecule has 0 aromatic carbocycles. The number of rotatable bonds is 8. The van der Waals surface area contributed by atoms with Crippen molar-refractivity contribution in [1.29, 1.82) is 0 Å². The van der Waals surface area contributed by atoms with E-state index in [1.54, 1.807) is 0 Å². The summed E-state index contributed by atoms with van der Waals surface area (Å²) in [7, 11) is 2.01. The molecule has 0 fully saturated rings. The fourth-order valence-corrected chi connectivity index (χ4v) is 3.01. The van der Waals surface area contributed by atoms with Gasteiger partial charge in [-0.15, -0.1) is 0 Å². The molecule has 1 aromatic rings. The second kappa shape index (κ2) is 8.38. The molecular formula is C18H33N3. The van der Waals surface area contributed by atoms with E-state index in [-0.39, 0.29) is 0 Å². The predicted molar refractivity (Wildman–Crippen MR) is 93.0 cm³/mol. The van der Waals surface area contributed by atoms with Gasteiger partial charge in [0.25, 0.3) is 0 Å². The molecule has 3 heteroatoms. The molecule has 0 aliphatic heterocycles. The van der Waals surface area contributed by atoms with E-state index in [2.05, 4.69) is 57.8 Å². The van der Waals surface area contributed by atoms with E-state index in [0.717, 1.165) is 31.6 Å². The Labute approximate surface area is 131 Å². The number of nitrogens with one attached hydrogen (secondary N) is 1. The van der Waals surface area contributed by atoms with E-state index in [1.165, 1.54) is 16.9 Å². The molecule has 0 radical (unpaired) electrons. The Bertz CT molecular complexity index is 436. The van der Waals surface area contributed by atoms with Crippen LogP contribution in [0.25, 0.3) is 0 Å². The van der Waals surface area contributed by atoms with Crippen LogP contribution in [0.2, 0.25) is 0 Å². The van der Waals surface area contributed by atoms with Crippen molar-refractivity contribution >= 4 is 5.82 Å². The minimum atomic E-state index is 0.566. The van der Waals surface area contributed by atoms with Crippen LogP contribution in [0.4, 0.5) is 5.82 Å². The van der Waals surface area contributed by atoms with Crippen molar-refractivity contribution in [3.8, 4) is 0 Å². The molecule has 3 nitrogen and oxygen atoms in total. The Morgan fingerprint density at radius 3 is 2.29 bits per heavy atom. The second-order valence-electron chi connectivity index (χ2n) is 6.43. The minimum absolute atomic E-state index is 0.566. The summed E-state index contributed by atoms with van der Waals surface area (Å²) in [5.41, 5.74) is 3.80. The summed E-state index contributed by atoms with van der Waals surface area (Å²) in [4.78, 5) is 7.45. The lowest BCUT2D eigenvalue weighted by molar-refractivity contribution is 0.500. The quantitative estimate of drug-likeness (QED) is 0.782. The molecule has 0 saturated heterocycles. The van der Waals surface area contributed by atoms with Crippen LogP contribution in [0, 0.1) is 19.8 Å². The molecule has 120 valence electrons. The second-order valence-corrected chi connectivity index (χ2v) is 6.43. The van der Waals surface area contributed by atoms with Crippen molar-refractivity contribution in [2.45, 2.75) is 67.0 Å². The number of pyridine rings is 1. The molecule has 0 spiro atoms. The fraction of sp³-hybridized carbons (Fsp3) is 0.722. The van der Waals surface area contributed by atoms with Gasteiger partial charge in [-0.3, -0.25) is 0 Å². The van der Waals surface area contributed by atoms with Crippen molar-refractivity contribution in [2.75, 3.05) is 18.5 Å². The van der Waals surface area contributed by atoms with Gasteiger partial charge in [0.2, 0.25) is 0 Å². The van der Waals surface area contributed by atoms with Gasteiger partial charge in [-0.25, -0.2) is 4.98 Å². The number of aromatic nitrogens is 1.